The van der Waals surface area contributed by atoms with Crippen LogP contribution in [-0.2, 0) is 10.9 Å². The summed E-state index contributed by atoms with van der Waals surface area (Å²) in [7, 11) is 0. The van der Waals surface area contributed by atoms with Gasteiger partial charge < -0.3 is 14.5 Å². The van der Waals surface area contributed by atoms with Crippen LogP contribution in [0.25, 0.3) is 0 Å². The van der Waals surface area contributed by atoms with Gasteiger partial charge in [0.15, 0.2) is 0 Å². The average Bonchev–Trinajstić information content (AvgIpc) is 3.04. The fraction of sp³-hybridized carbons (Fsp3) is 0.471. The molecule has 2 aromatic heterocycles. The standard InChI is InChI=1S/C17H19F3N6O3S/c1-2-29-13(27)11-4-5-12(21-10-11)25-6-3-7-26(9-8-25)16(28)22-15-24-23-14(30-15)17(18,19)20/h4-5,10H,2-3,6-9H2,1H3,(H,22,24,28). The van der Waals surface area contributed by atoms with Crippen LogP contribution in [0.1, 0.15) is 28.7 Å². The number of anilines is 2. The van der Waals surface area contributed by atoms with E-state index in [2.05, 4.69) is 20.5 Å². The molecule has 0 atom stereocenters. The van der Waals surface area contributed by atoms with Crippen LogP contribution in [0.4, 0.5) is 28.9 Å². The lowest BCUT2D eigenvalue weighted by atomic mass is 10.2. The second-order valence-corrected chi connectivity index (χ2v) is 7.27. The molecule has 3 heterocycles. The lowest BCUT2D eigenvalue weighted by Gasteiger charge is -2.22. The van der Waals surface area contributed by atoms with Crippen molar-refractivity contribution in [3.05, 3.63) is 28.9 Å². The number of alkyl halides is 3. The normalized spacial score (nSPS) is 14.9. The van der Waals surface area contributed by atoms with Crippen LogP contribution >= 0.6 is 11.3 Å². The number of pyridine rings is 1. The van der Waals surface area contributed by atoms with E-state index >= 15 is 0 Å². The number of hydrogen-bond donors (Lipinski definition) is 1. The minimum absolute atomic E-state index is 0.204. The molecule has 0 radical (unpaired) electrons. The molecular formula is C17H19F3N6O3S. The van der Waals surface area contributed by atoms with Crippen LogP contribution in [0.15, 0.2) is 18.3 Å². The predicted molar refractivity (Wildman–Crippen MR) is 103 cm³/mol. The molecule has 1 fully saturated rings. The number of rotatable bonds is 4. The number of halogens is 3. The Hall–Kier alpha value is -2.96. The number of carbonyl (C=O) groups excluding carboxylic acids is 2. The number of aromatic nitrogens is 3. The molecule has 0 aliphatic carbocycles. The number of esters is 1. The highest BCUT2D eigenvalue weighted by Crippen LogP contribution is 2.33. The van der Waals surface area contributed by atoms with Crippen molar-refractivity contribution in [1.82, 2.24) is 20.1 Å². The zero-order valence-corrected chi connectivity index (χ0v) is 16.8. The zero-order valence-electron chi connectivity index (χ0n) is 16.0. The van der Waals surface area contributed by atoms with Crippen molar-refractivity contribution in [2.75, 3.05) is 43.0 Å². The summed E-state index contributed by atoms with van der Waals surface area (Å²) in [5.41, 5.74) is 0.353. The number of hydrogen-bond acceptors (Lipinski definition) is 8. The van der Waals surface area contributed by atoms with E-state index in [0.29, 0.717) is 44.0 Å². The monoisotopic (exact) mass is 444 g/mol. The van der Waals surface area contributed by atoms with Gasteiger partial charge in [-0.2, -0.15) is 13.2 Å². The molecule has 0 aromatic carbocycles. The summed E-state index contributed by atoms with van der Waals surface area (Å²) >= 11 is 0.278. The molecular weight excluding hydrogens is 425 g/mol. The molecule has 0 saturated carbocycles. The molecule has 162 valence electrons. The van der Waals surface area contributed by atoms with Crippen LogP contribution in [-0.4, -0.2) is 64.9 Å². The Morgan fingerprint density at radius 2 is 2.00 bits per heavy atom. The van der Waals surface area contributed by atoms with E-state index in [1.165, 1.54) is 11.1 Å². The van der Waals surface area contributed by atoms with Gasteiger partial charge in [0.05, 0.1) is 12.2 Å². The highest BCUT2D eigenvalue weighted by molar-refractivity contribution is 7.15. The van der Waals surface area contributed by atoms with Crippen LogP contribution in [0.2, 0.25) is 0 Å². The van der Waals surface area contributed by atoms with E-state index in [4.69, 9.17) is 4.74 Å². The molecule has 1 aliphatic rings. The van der Waals surface area contributed by atoms with Gasteiger partial charge in [0.2, 0.25) is 10.1 Å². The average molecular weight is 444 g/mol. The summed E-state index contributed by atoms with van der Waals surface area (Å²) in [5, 5.41) is 7.47. The van der Waals surface area contributed by atoms with E-state index < -0.39 is 23.2 Å². The first-order valence-electron chi connectivity index (χ1n) is 9.12. The molecule has 1 N–H and O–H groups in total. The first-order valence-corrected chi connectivity index (χ1v) is 9.94. The minimum atomic E-state index is -4.60. The number of ether oxygens (including phenoxy) is 1. The Morgan fingerprint density at radius 3 is 2.63 bits per heavy atom. The molecule has 13 heteroatoms. The number of carbonyl (C=O) groups is 2. The fourth-order valence-corrected chi connectivity index (χ4v) is 3.42. The van der Waals surface area contributed by atoms with Crippen LogP contribution in [0.5, 0.6) is 0 Å². The fourth-order valence-electron chi connectivity index (χ4n) is 2.82. The smallest absolute Gasteiger partial charge is 0.445 e. The summed E-state index contributed by atoms with van der Waals surface area (Å²) in [6.45, 7) is 3.88. The SMILES string of the molecule is CCOC(=O)c1ccc(N2CCCN(C(=O)Nc3nnc(C(F)(F)F)s3)CC2)nc1. The zero-order chi connectivity index (χ0) is 21.7. The van der Waals surface area contributed by atoms with E-state index in [9.17, 15) is 22.8 Å². The van der Waals surface area contributed by atoms with Crippen molar-refractivity contribution >= 4 is 34.3 Å². The minimum Gasteiger partial charge on any atom is -0.462 e. The molecule has 2 aromatic rings. The predicted octanol–water partition coefficient (Wildman–Crippen LogP) is 2.87. The van der Waals surface area contributed by atoms with Gasteiger partial charge in [0.1, 0.15) is 5.82 Å². The topological polar surface area (TPSA) is 101 Å². The molecule has 1 saturated heterocycles. The van der Waals surface area contributed by atoms with Crippen molar-refractivity contribution < 1.29 is 27.5 Å². The highest BCUT2D eigenvalue weighted by Gasteiger charge is 2.36. The molecule has 30 heavy (non-hydrogen) atoms. The molecule has 1 aliphatic heterocycles. The van der Waals surface area contributed by atoms with Crippen LogP contribution in [0, 0.1) is 0 Å². The summed E-state index contributed by atoms with van der Waals surface area (Å²) in [6.07, 6.45) is -2.52. The second kappa shape index (κ2) is 9.24. The number of nitrogens with zero attached hydrogens (tertiary/aromatic N) is 5. The van der Waals surface area contributed by atoms with Gasteiger partial charge in [-0.25, -0.2) is 14.6 Å². The third kappa shape index (κ3) is 5.34. The highest BCUT2D eigenvalue weighted by atomic mass is 32.1. The Bertz CT molecular complexity index is 890. The third-order valence-electron chi connectivity index (χ3n) is 4.25. The quantitative estimate of drug-likeness (QED) is 0.724. The van der Waals surface area contributed by atoms with E-state index in [0.717, 1.165) is 0 Å². The Kier molecular flexibility index (Phi) is 6.70. The van der Waals surface area contributed by atoms with Gasteiger partial charge in [-0.05, 0) is 25.5 Å². The van der Waals surface area contributed by atoms with Gasteiger partial charge in [-0.3, -0.25) is 5.32 Å². The molecule has 0 unspecified atom stereocenters. The second-order valence-electron chi connectivity index (χ2n) is 6.29. The van der Waals surface area contributed by atoms with Crippen molar-refractivity contribution in [2.45, 2.75) is 19.5 Å². The van der Waals surface area contributed by atoms with Crippen LogP contribution < -0.4 is 10.2 Å². The summed E-state index contributed by atoms with van der Waals surface area (Å²) in [6, 6.07) is 2.80. The molecule has 9 nitrogen and oxygen atoms in total. The Balaban J connectivity index is 1.57. The molecule has 2 amide bonds. The lowest BCUT2D eigenvalue weighted by molar-refractivity contribution is -0.138. The number of amides is 2. The first kappa shape index (κ1) is 21.7. The molecule has 0 spiro atoms. The van der Waals surface area contributed by atoms with Crippen molar-refractivity contribution in [1.29, 1.82) is 0 Å². The van der Waals surface area contributed by atoms with Gasteiger partial charge in [-0.1, -0.05) is 11.3 Å². The van der Waals surface area contributed by atoms with Gasteiger partial charge >= 0.3 is 18.2 Å². The van der Waals surface area contributed by atoms with Crippen molar-refractivity contribution in [3.63, 3.8) is 0 Å². The summed E-state index contributed by atoms with van der Waals surface area (Å²) in [5.74, 6) is 0.213. The number of nitrogens with one attached hydrogen (secondary N) is 1. The summed E-state index contributed by atoms with van der Waals surface area (Å²) < 4.78 is 42.7. The first-order chi connectivity index (χ1) is 14.3. The molecule has 0 bridgehead atoms. The maximum atomic E-state index is 12.6. The van der Waals surface area contributed by atoms with Gasteiger partial charge in [0.25, 0.3) is 0 Å². The van der Waals surface area contributed by atoms with Gasteiger partial charge in [0, 0.05) is 32.4 Å². The van der Waals surface area contributed by atoms with Crippen LogP contribution in [0.3, 0.4) is 0 Å². The maximum absolute atomic E-state index is 12.6. The number of urea groups is 1. The van der Waals surface area contributed by atoms with Crippen molar-refractivity contribution in [2.24, 2.45) is 0 Å². The maximum Gasteiger partial charge on any atom is 0.445 e. The lowest BCUT2D eigenvalue weighted by Crippen LogP contribution is -2.38. The largest absolute Gasteiger partial charge is 0.462 e. The van der Waals surface area contributed by atoms with E-state index in [1.54, 1.807) is 19.1 Å². The third-order valence-corrected chi connectivity index (χ3v) is 5.13. The molecule has 3 rings (SSSR count). The van der Waals surface area contributed by atoms with E-state index in [1.807, 2.05) is 4.90 Å². The summed E-state index contributed by atoms with van der Waals surface area (Å²) in [4.78, 5) is 31.9. The Morgan fingerprint density at radius 1 is 1.20 bits per heavy atom. The van der Waals surface area contributed by atoms with E-state index in [-0.39, 0.29) is 23.1 Å². The van der Waals surface area contributed by atoms with Crippen molar-refractivity contribution in [3.8, 4) is 0 Å². The Labute approximate surface area is 173 Å². The van der Waals surface area contributed by atoms with Gasteiger partial charge in [-0.15, -0.1) is 10.2 Å².